The third-order valence-electron chi connectivity index (χ3n) is 8.96. The maximum atomic E-state index is 2.52. The zero-order valence-corrected chi connectivity index (χ0v) is 21.4. The van der Waals surface area contributed by atoms with Crippen LogP contribution in [0.4, 0.5) is 0 Å². The van der Waals surface area contributed by atoms with Crippen molar-refractivity contribution in [1.82, 2.24) is 0 Å². The largest absolute Gasteiger partial charge is 0.0625 e. The monoisotopic (exact) mass is 458 g/mol. The number of hydrogen-bond donors (Lipinski definition) is 0. The van der Waals surface area contributed by atoms with E-state index in [2.05, 4.69) is 92.7 Å². The Morgan fingerprint density at radius 2 is 1.49 bits per heavy atom. The molecule has 0 nitrogen and oxygen atoms in total. The number of fused-ring (bicyclic) bond motifs is 5. The second-order valence-electron chi connectivity index (χ2n) is 11.5. The summed E-state index contributed by atoms with van der Waals surface area (Å²) in [5.41, 5.74) is 13.3. The summed E-state index contributed by atoms with van der Waals surface area (Å²) in [7, 11) is 0. The maximum absolute atomic E-state index is 2.52. The molecule has 3 aliphatic carbocycles. The highest BCUT2D eigenvalue weighted by Crippen LogP contribution is 2.40. The van der Waals surface area contributed by atoms with Crippen molar-refractivity contribution in [1.29, 1.82) is 0 Å². The maximum Gasteiger partial charge on any atom is -0.00747 e. The smallest absolute Gasteiger partial charge is 0.00747 e. The molecule has 0 heteroatoms. The standard InChI is InChI=1S/C35H38/c1-24-6-14-29(15-7-24)30-16-10-26(11-17-30)8-9-27-12-18-31-19-13-28-20-32-5-3-4-25(2)34(32)23-33(21-28)35(31)22-27/h3-5,10-13,16-20,22,24,29,33H,6-9,14-15,21,23H2,1-2H3. The summed E-state index contributed by atoms with van der Waals surface area (Å²) in [5.74, 6) is 2.26. The van der Waals surface area contributed by atoms with Crippen LogP contribution in [0.3, 0.4) is 0 Å². The molecule has 3 aromatic carbocycles. The summed E-state index contributed by atoms with van der Waals surface area (Å²) in [6.07, 6.45) is 17.1. The van der Waals surface area contributed by atoms with Gasteiger partial charge in [-0.2, -0.15) is 0 Å². The van der Waals surface area contributed by atoms with E-state index in [1.165, 1.54) is 64.6 Å². The van der Waals surface area contributed by atoms with E-state index in [4.69, 9.17) is 0 Å². The molecule has 0 amide bonds. The van der Waals surface area contributed by atoms with Gasteiger partial charge in [0.2, 0.25) is 0 Å². The predicted molar refractivity (Wildman–Crippen MR) is 150 cm³/mol. The SMILES string of the molecule is Cc1cccc2c1CC1CC(=C2)C=Cc2ccc(CCc3ccc(C4CCC(C)CC4)cc3)cc21. The molecule has 6 rings (SSSR count). The fourth-order valence-corrected chi connectivity index (χ4v) is 6.66. The van der Waals surface area contributed by atoms with Crippen LogP contribution in [0.1, 0.15) is 95.4 Å². The summed E-state index contributed by atoms with van der Waals surface area (Å²) in [6, 6.07) is 23.6. The van der Waals surface area contributed by atoms with E-state index in [9.17, 15) is 0 Å². The third kappa shape index (κ3) is 4.81. The zero-order chi connectivity index (χ0) is 23.8. The number of aryl methyl sites for hydroxylation is 3. The molecule has 3 aromatic rings. The summed E-state index contributed by atoms with van der Waals surface area (Å²) >= 11 is 0. The lowest BCUT2D eigenvalue weighted by atomic mass is 9.79. The van der Waals surface area contributed by atoms with Gasteiger partial charge in [-0.3, -0.25) is 0 Å². The van der Waals surface area contributed by atoms with Crippen LogP contribution in [-0.4, -0.2) is 0 Å². The molecule has 1 fully saturated rings. The van der Waals surface area contributed by atoms with Crippen molar-refractivity contribution >= 4 is 12.2 Å². The van der Waals surface area contributed by atoms with Crippen LogP contribution < -0.4 is 0 Å². The van der Waals surface area contributed by atoms with Crippen LogP contribution >= 0.6 is 0 Å². The minimum Gasteiger partial charge on any atom is -0.0625 e. The van der Waals surface area contributed by atoms with Crippen molar-refractivity contribution in [2.24, 2.45) is 5.92 Å². The van der Waals surface area contributed by atoms with E-state index in [0.29, 0.717) is 5.92 Å². The van der Waals surface area contributed by atoms with E-state index in [1.807, 2.05) is 0 Å². The quantitative estimate of drug-likeness (QED) is 0.365. The first-order valence-electron chi connectivity index (χ1n) is 13.8. The van der Waals surface area contributed by atoms with Crippen LogP contribution in [0.2, 0.25) is 0 Å². The fourth-order valence-electron chi connectivity index (χ4n) is 6.66. The Balaban J connectivity index is 1.18. The van der Waals surface area contributed by atoms with Crippen LogP contribution in [0.25, 0.3) is 12.2 Å². The molecule has 0 saturated heterocycles. The minimum absolute atomic E-state index is 0.561. The molecular formula is C35H38. The zero-order valence-electron chi connectivity index (χ0n) is 21.4. The van der Waals surface area contributed by atoms with E-state index in [0.717, 1.165) is 37.5 Å². The van der Waals surface area contributed by atoms with Crippen molar-refractivity contribution < 1.29 is 0 Å². The number of hydrogen-bond acceptors (Lipinski definition) is 0. The van der Waals surface area contributed by atoms with Gasteiger partial charge < -0.3 is 0 Å². The molecular weight excluding hydrogens is 420 g/mol. The van der Waals surface area contributed by atoms with Gasteiger partial charge >= 0.3 is 0 Å². The van der Waals surface area contributed by atoms with Crippen LogP contribution in [0.5, 0.6) is 0 Å². The Morgan fingerprint density at radius 1 is 0.714 bits per heavy atom. The number of rotatable bonds is 4. The third-order valence-corrected chi connectivity index (χ3v) is 8.96. The molecule has 3 aliphatic rings. The van der Waals surface area contributed by atoms with Gasteiger partial charge in [0.05, 0.1) is 0 Å². The van der Waals surface area contributed by atoms with Crippen molar-refractivity contribution in [2.75, 3.05) is 0 Å². The average Bonchev–Trinajstić information content (AvgIpc) is 3.18. The molecule has 178 valence electrons. The van der Waals surface area contributed by atoms with Gasteiger partial charge in [-0.1, -0.05) is 98.7 Å². The normalized spacial score (nSPS) is 23.0. The Labute approximate surface area is 211 Å². The van der Waals surface area contributed by atoms with Gasteiger partial charge in [0.15, 0.2) is 0 Å². The van der Waals surface area contributed by atoms with Crippen LogP contribution in [0.15, 0.2) is 72.3 Å². The summed E-state index contributed by atoms with van der Waals surface area (Å²) < 4.78 is 0. The van der Waals surface area contributed by atoms with Crippen molar-refractivity contribution in [2.45, 2.75) is 77.0 Å². The van der Waals surface area contributed by atoms with E-state index in [1.54, 1.807) is 11.1 Å². The molecule has 1 saturated carbocycles. The van der Waals surface area contributed by atoms with E-state index >= 15 is 0 Å². The highest BCUT2D eigenvalue weighted by Gasteiger charge is 2.24. The number of benzene rings is 3. The van der Waals surface area contributed by atoms with Gasteiger partial charge in [-0.25, -0.2) is 0 Å². The van der Waals surface area contributed by atoms with Gasteiger partial charge in [-0.05, 0) is 113 Å². The summed E-state index contributed by atoms with van der Waals surface area (Å²) in [5, 5.41) is 0. The van der Waals surface area contributed by atoms with Gasteiger partial charge in [0.25, 0.3) is 0 Å². The lowest BCUT2D eigenvalue weighted by Gasteiger charge is -2.26. The molecule has 0 aromatic heterocycles. The fraction of sp³-hybridized carbons (Fsp3) is 0.371. The molecule has 35 heavy (non-hydrogen) atoms. The summed E-state index contributed by atoms with van der Waals surface area (Å²) in [4.78, 5) is 0. The molecule has 1 atom stereocenters. The van der Waals surface area contributed by atoms with E-state index < -0.39 is 0 Å². The van der Waals surface area contributed by atoms with Gasteiger partial charge in [-0.15, -0.1) is 0 Å². The second kappa shape index (κ2) is 9.65. The Hall–Kier alpha value is -2.86. The first-order chi connectivity index (χ1) is 17.1. The molecule has 0 radical (unpaired) electrons. The first kappa shape index (κ1) is 22.6. The van der Waals surface area contributed by atoms with Crippen molar-refractivity contribution in [3.05, 3.63) is 117 Å². The average molecular weight is 459 g/mol. The molecule has 0 aliphatic heterocycles. The van der Waals surface area contributed by atoms with Crippen LogP contribution in [0, 0.1) is 12.8 Å². The second-order valence-corrected chi connectivity index (χ2v) is 11.5. The number of allylic oxidation sites excluding steroid dienone is 2. The highest BCUT2D eigenvalue weighted by atomic mass is 14.3. The molecule has 2 bridgehead atoms. The van der Waals surface area contributed by atoms with Gasteiger partial charge in [0, 0.05) is 0 Å². The lowest BCUT2D eigenvalue weighted by molar-refractivity contribution is 0.348. The van der Waals surface area contributed by atoms with E-state index in [-0.39, 0.29) is 0 Å². The lowest BCUT2D eigenvalue weighted by Crippen LogP contribution is -2.10. The molecule has 0 spiro atoms. The highest BCUT2D eigenvalue weighted by molar-refractivity contribution is 5.69. The van der Waals surface area contributed by atoms with Gasteiger partial charge in [0.1, 0.15) is 0 Å². The molecule has 0 heterocycles. The first-order valence-corrected chi connectivity index (χ1v) is 13.8. The molecule has 1 unspecified atom stereocenters. The van der Waals surface area contributed by atoms with Crippen molar-refractivity contribution in [3.63, 3.8) is 0 Å². The topological polar surface area (TPSA) is 0 Å². The van der Waals surface area contributed by atoms with Crippen molar-refractivity contribution in [3.8, 4) is 0 Å². The summed E-state index contributed by atoms with van der Waals surface area (Å²) in [6.45, 7) is 4.68. The predicted octanol–water partition coefficient (Wildman–Crippen LogP) is 9.21. The Kier molecular flexibility index (Phi) is 6.23. The van der Waals surface area contributed by atoms with Crippen LogP contribution in [-0.2, 0) is 19.3 Å². The Bertz CT molecular complexity index is 1260. The molecule has 0 N–H and O–H groups in total. The Morgan fingerprint density at radius 3 is 2.31 bits per heavy atom. The minimum atomic E-state index is 0.561.